The molecule has 0 aromatic carbocycles. The zero-order valence-electron chi connectivity index (χ0n) is 10.3. The minimum atomic E-state index is -0.276. The van der Waals surface area contributed by atoms with Crippen LogP contribution in [0.3, 0.4) is 0 Å². The van der Waals surface area contributed by atoms with Gasteiger partial charge in [-0.25, -0.2) is 4.79 Å². The summed E-state index contributed by atoms with van der Waals surface area (Å²) in [5, 5.41) is 0. The maximum atomic E-state index is 11.0. The highest BCUT2D eigenvalue weighted by atomic mass is 35.5. The van der Waals surface area contributed by atoms with Crippen LogP contribution in [0.2, 0.25) is 0 Å². The van der Waals surface area contributed by atoms with Gasteiger partial charge in [-0.15, -0.1) is 11.6 Å². The number of unbranched alkanes of at least 4 members (excludes halogenated alkanes) is 6. The van der Waals surface area contributed by atoms with Crippen LogP contribution in [-0.4, -0.2) is 18.5 Å². The lowest BCUT2D eigenvalue weighted by Crippen LogP contribution is -2.05. The molecule has 0 spiro atoms. The van der Waals surface area contributed by atoms with Gasteiger partial charge in [-0.1, -0.05) is 38.7 Å². The summed E-state index contributed by atoms with van der Waals surface area (Å²) < 4.78 is 4.99. The summed E-state index contributed by atoms with van der Waals surface area (Å²) in [6.07, 6.45) is 8.17. The number of esters is 1. The lowest BCUT2D eigenvalue weighted by Gasteiger charge is -2.04. The van der Waals surface area contributed by atoms with E-state index in [-0.39, 0.29) is 5.97 Å². The fourth-order valence-electron chi connectivity index (χ4n) is 1.37. The topological polar surface area (TPSA) is 26.3 Å². The molecule has 0 rings (SSSR count). The number of hydrogen-bond donors (Lipinski definition) is 0. The van der Waals surface area contributed by atoms with Crippen LogP contribution in [0.5, 0.6) is 0 Å². The predicted molar refractivity (Wildman–Crippen MR) is 68.8 cm³/mol. The van der Waals surface area contributed by atoms with E-state index in [4.69, 9.17) is 16.3 Å². The average molecular weight is 247 g/mol. The Kier molecular flexibility index (Phi) is 10.7. The molecule has 0 aliphatic carbocycles. The molecule has 16 heavy (non-hydrogen) atoms. The second-order valence-corrected chi connectivity index (χ2v) is 4.46. The molecule has 0 atom stereocenters. The third-order valence-corrected chi connectivity index (χ3v) is 2.63. The molecular weight excluding hydrogens is 224 g/mol. The van der Waals surface area contributed by atoms with Crippen LogP contribution in [0.4, 0.5) is 0 Å². The molecule has 94 valence electrons. The first kappa shape index (κ1) is 15.5. The molecule has 0 amide bonds. The third kappa shape index (κ3) is 10.0. The Morgan fingerprint density at radius 2 is 1.56 bits per heavy atom. The van der Waals surface area contributed by atoms with Crippen molar-refractivity contribution in [2.24, 2.45) is 0 Å². The van der Waals surface area contributed by atoms with Crippen molar-refractivity contribution in [3.63, 3.8) is 0 Å². The Balaban J connectivity index is 3.10. The van der Waals surface area contributed by atoms with E-state index in [1.807, 2.05) is 0 Å². The van der Waals surface area contributed by atoms with Gasteiger partial charge in [0.2, 0.25) is 0 Å². The Morgan fingerprint density at radius 3 is 2.06 bits per heavy atom. The highest BCUT2D eigenvalue weighted by molar-refractivity contribution is 6.17. The summed E-state index contributed by atoms with van der Waals surface area (Å²) in [5.74, 6) is 0.499. The summed E-state index contributed by atoms with van der Waals surface area (Å²) in [6.45, 7) is 5.71. The number of rotatable bonds is 10. The molecule has 0 unspecified atom stereocenters. The van der Waals surface area contributed by atoms with E-state index in [1.54, 1.807) is 6.92 Å². The molecule has 0 saturated heterocycles. The second-order valence-electron chi connectivity index (χ2n) is 4.08. The Bertz CT molecular complexity index is 202. The number of halogens is 1. The SMILES string of the molecule is C=C(C)C(=O)OCCCCCCCCCCl. The zero-order chi connectivity index (χ0) is 12.2. The maximum absolute atomic E-state index is 11.0. The fraction of sp³-hybridized carbons (Fsp3) is 0.769. The quantitative estimate of drug-likeness (QED) is 0.251. The van der Waals surface area contributed by atoms with Crippen LogP contribution in [0.15, 0.2) is 12.2 Å². The fourth-order valence-corrected chi connectivity index (χ4v) is 1.56. The molecular formula is C13H23ClO2. The highest BCUT2D eigenvalue weighted by Crippen LogP contribution is 2.08. The van der Waals surface area contributed by atoms with Crippen LogP contribution in [0, 0.1) is 0 Å². The smallest absolute Gasteiger partial charge is 0.333 e. The second kappa shape index (κ2) is 11.0. The number of carbonyl (C=O) groups is 1. The maximum Gasteiger partial charge on any atom is 0.333 e. The van der Waals surface area contributed by atoms with Gasteiger partial charge in [0.05, 0.1) is 6.61 Å². The van der Waals surface area contributed by atoms with Crippen molar-refractivity contribution >= 4 is 17.6 Å². The Labute approximate surface area is 104 Å². The van der Waals surface area contributed by atoms with E-state index in [0.29, 0.717) is 12.2 Å². The van der Waals surface area contributed by atoms with Gasteiger partial charge < -0.3 is 4.74 Å². The predicted octanol–water partition coefficient (Wildman–Crippen LogP) is 4.08. The Morgan fingerprint density at radius 1 is 1.06 bits per heavy atom. The van der Waals surface area contributed by atoms with Crippen molar-refractivity contribution in [3.8, 4) is 0 Å². The lowest BCUT2D eigenvalue weighted by molar-refractivity contribution is -0.139. The van der Waals surface area contributed by atoms with Crippen LogP contribution in [-0.2, 0) is 9.53 Å². The first-order valence-electron chi connectivity index (χ1n) is 6.07. The molecule has 0 aromatic rings. The van der Waals surface area contributed by atoms with E-state index < -0.39 is 0 Å². The van der Waals surface area contributed by atoms with E-state index in [9.17, 15) is 4.79 Å². The molecule has 0 aromatic heterocycles. The zero-order valence-corrected chi connectivity index (χ0v) is 11.0. The summed E-state index contributed by atoms with van der Waals surface area (Å²) in [6, 6.07) is 0. The van der Waals surface area contributed by atoms with Gasteiger partial charge in [0.1, 0.15) is 0 Å². The van der Waals surface area contributed by atoms with Gasteiger partial charge in [-0.2, -0.15) is 0 Å². The summed E-state index contributed by atoms with van der Waals surface area (Å²) >= 11 is 5.58. The van der Waals surface area contributed by atoms with Crippen molar-refractivity contribution in [2.75, 3.05) is 12.5 Å². The van der Waals surface area contributed by atoms with E-state index in [0.717, 1.165) is 25.1 Å². The molecule has 0 N–H and O–H groups in total. The first-order chi connectivity index (χ1) is 7.68. The molecule has 0 heterocycles. The van der Waals surface area contributed by atoms with Crippen molar-refractivity contribution in [2.45, 2.75) is 51.9 Å². The molecule has 3 heteroatoms. The van der Waals surface area contributed by atoms with Gasteiger partial charge >= 0.3 is 5.97 Å². The van der Waals surface area contributed by atoms with Gasteiger partial charge in [0.15, 0.2) is 0 Å². The summed E-state index contributed by atoms with van der Waals surface area (Å²) in [5.41, 5.74) is 0.473. The average Bonchev–Trinajstić information content (AvgIpc) is 2.26. The minimum absolute atomic E-state index is 0.276. The summed E-state index contributed by atoms with van der Waals surface area (Å²) in [4.78, 5) is 11.0. The number of hydrogen-bond acceptors (Lipinski definition) is 2. The van der Waals surface area contributed by atoms with Gasteiger partial charge in [0.25, 0.3) is 0 Å². The van der Waals surface area contributed by atoms with Gasteiger partial charge in [-0.3, -0.25) is 0 Å². The third-order valence-electron chi connectivity index (χ3n) is 2.36. The van der Waals surface area contributed by atoms with E-state index in [1.165, 1.54) is 25.7 Å². The van der Waals surface area contributed by atoms with Crippen LogP contribution >= 0.6 is 11.6 Å². The Hall–Kier alpha value is -0.500. The molecule has 0 fully saturated rings. The van der Waals surface area contributed by atoms with Crippen LogP contribution in [0.1, 0.15) is 51.9 Å². The standard InChI is InChI=1S/C13H23ClO2/c1-12(2)13(15)16-11-9-7-5-3-4-6-8-10-14/h1,3-11H2,2H3. The van der Waals surface area contributed by atoms with Gasteiger partial charge in [-0.05, 0) is 19.8 Å². The van der Waals surface area contributed by atoms with Gasteiger partial charge in [0, 0.05) is 11.5 Å². The van der Waals surface area contributed by atoms with Crippen molar-refractivity contribution in [1.82, 2.24) is 0 Å². The molecule has 0 aliphatic heterocycles. The molecule has 0 aliphatic rings. The van der Waals surface area contributed by atoms with Crippen LogP contribution < -0.4 is 0 Å². The molecule has 0 bridgehead atoms. The lowest BCUT2D eigenvalue weighted by atomic mass is 10.1. The monoisotopic (exact) mass is 246 g/mol. The largest absolute Gasteiger partial charge is 0.462 e. The number of ether oxygens (including phenoxy) is 1. The molecule has 0 radical (unpaired) electrons. The normalized spacial score (nSPS) is 10.1. The highest BCUT2D eigenvalue weighted by Gasteiger charge is 2.01. The first-order valence-corrected chi connectivity index (χ1v) is 6.60. The minimum Gasteiger partial charge on any atom is -0.462 e. The summed E-state index contributed by atoms with van der Waals surface area (Å²) in [7, 11) is 0. The number of carbonyl (C=O) groups excluding carboxylic acids is 1. The van der Waals surface area contributed by atoms with Crippen molar-refractivity contribution in [1.29, 1.82) is 0 Å². The number of alkyl halides is 1. The van der Waals surface area contributed by atoms with E-state index in [2.05, 4.69) is 6.58 Å². The molecule has 0 saturated carbocycles. The molecule has 2 nitrogen and oxygen atoms in total. The van der Waals surface area contributed by atoms with Crippen LogP contribution in [0.25, 0.3) is 0 Å². The van der Waals surface area contributed by atoms with Crippen molar-refractivity contribution < 1.29 is 9.53 Å². The van der Waals surface area contributed by atoms with Crippen molar-refractivity contribution in [3.05, 3.63) is 12.2 Å². The van der Waals surface area contributed by atoms with E-state index >= 15 is 0 Å².